The van der Waals surface area contributed by atoms with Gasteiger partial charge < -0.3 is 9.30 Å². The first-order valence-corrected chi connectivity index (χ1v) is 11.8. The maximum atomic E-state index is 12.9. The van der Waals surface area contributed by atoms with Crippen LogP contribution in [0.4, 0.5) is 5.69 Å². The number of methoxy groups -OCH3 is 1. The van der Waals surface area contributed by atoms with Gasteiger partial charge in [-0.2, -0.15) is 15.1 Å². The lowest BCUT2D eigenvalue weighted by Crippen LogP contribution is -2.35. The lowest BCUT2D eigenvalue weighted by atomic mass is 9.90. The number of nitrogens with one attached hydrogen (secondary N) is 1. The van der Waals surface area contributed by atoms with Gasteiger partial charge in [-0.25, -0.2) is 0 Å². The second-order valence-corrected chi connectivity index (χ2v) is 9.20. The van der Waals surface area contributed by atoms with Crippen molar-refractivity contribution in [3.05, 3.63) is 57.9 Å². The highest BCUT2D eigenvalue weighted by Gasteiger charge is 2.38. The number of benzene rings is 1. The zero-order valence-corrected chi connectivity index (χ0v) is 19.2. The van der Waals surface area contributed by atoms with Crippen molar-refractivity contribution in [3.63, 3.8) is 0 Å². The molecule has 34 heavy (non-hydrogen) atoms. The zero-order valence-electron chi connectivity index (χ0n) is 18.4. The Morgan fingerprint density at radius 3 is 2.79 bits per heavy atom. The molecule has 3 aliphatic rings. The van der Waals surface area contributed by atoms with E-state index < -0.39 is 10.8 Å². The highest BCUT2D eigenvalue weighted by molar-refractivity contribution is 8.27. The van der Waals surface area contributed by atoms with E-state index in [4.69, 9.17) is 10.1 Å². The van der Waals surface area contributed by atoms with E-state index in [2.05, 4.69) is 10.1 Å². The number of nitro groups is 1. The van der Waals surface area contributed by atoms with Gasteiger partial charge in [0, 0.05) is 23.9 Å². The van der Waals surface area contributed by atoms with Crippen molar-refractivity contribution in [1.29, 1.82) is 5.41 Å². The fourth-order valence-electron chi connectivity index (χ4n) is 4.38. The van der Waals surface area contributed by atoms with E-state index in [-0.39, 0.29) is 17.1 Å². The molecule has 1 fully saturated rings. The SMILES string of the molecule is COc1cc([N+](=O)[O-])ccc1-n1cccc1/C=C1/C(=N)N2N=C(C3CCCCC3)SC2=NC1=O. The molecule has 1 aromatic heterocycles. The number of thioether (sulfide) groups is 1. The second kappa shape index (κ2) is 8.90. The van der Waals surface area contributed by atoms with Gasteiger partial charge in [0.15, 0.2) is 5.84 Å². The first kappa shape index (κ1) is 22.1. The largest absolute Gasteiger partial charge is 0.494 e. The van der Waals surface area contributed by atoms with Crippen LogP contribution in [0.2, 0.25) is 0 Å². The number of aromatic nitrogens is 1. The number of hydrogen-bond acceptors (Lipinski definition) is 7. The Bertz CT molecular complexity index is 1290. The number of aliphatic imine (C=N–C) groups is 1. The Kier molecular flexibility index (Phi) is 5.78. The molecule has 1 amide bonds. The summed E-state index contributed by atoms with van der Waals surface area (Å²) in [6.45, 7) is 0. The number of amidine groups is 2. The molecule has 11 heteroatoms. The van der Waals surface area contributed by atoms with Crippen LogP contribution in [0, 0.1) is 21.4 Å². The van der Waals surface area contributed by atoms with Gasteiger partial charge in [0.05, 0.1) is 29.4 Å². The first-order valence-electron chi connectivity index (χ1n) is 11.0. The lowest BCUT2D eigenvalue weighted by molar-refractivity contribution is -0.384. The highest BCUT2D eigenvalue weighted by atomic mass is 32.2. The molecule has 0 spiro atoms. The van der Waals surface area contributed by atoms with Crippen LogP contribution in [-0.2, 0) is 4.79 Å². The Morgan fingerprint density at radius 1 is 1.26 bits per heavy atom. The smallest absolute Gasteiger partial charge is 0.283 e. The molecule has 1 aliphatic carbocycles. The van der Waals surface area contributed by atoms with Crippen molar-refractivity contribution in [2.24, 2.45) is 16.0 Å². The van der Waals surface area contributed by atoms with Gasteiger partial charge in [0.25, 0.3) is 11.6 Å². The third-order valence-electron chi connectivity index (χ3n) is 6.13. The number of carbonyl (C=O) groups is 1. The number of hydrazone groups is 1. The maximum absolute atomic E-state index is 12.9. The standard InChI is InChI=1S/C23H22N6O4S/c1-33-19-13-16(29(31)32)9-10-18(19)27-11-5-8-15(27)12-17-20(24)28-23(25-21(17)30)34-22(26-28)14-6-3-2-4-7-14/h5,8-14,24H,2-4,6-7H2,1H3/b17-12-,24-20?. The summed E-state index contributed by atoms with van der Waals surface area (Å²) in [5.74, 6) is 0.159. The summed E-state index contributed by atoms with van der Waals surface area (Å²) in [4.78, 5) is 27.7. The fourth-order valence-corrected chi connectivity index (χ4v) is 5.44. The summed E-state index contributed by atoms with van der Waals surface area (Å²) in [5, 5.41) is 27.2. The van der Waals surface area contributed by atoms with E-state index in [0.29, 0.717) is 28.2 Å². The Balaban J connectivity index is 1.48. The van der Waals surface area contributed by atoms with Crippen LogP contribution in [-0.4, -0.2) is 43.6 Å². The summed E-state index contributed by atoms with van der Waals surface area (Å²) in [7, 11) is 1.44. The summed E-state index contributed by atoms with van der Waals surface area (Å²) >= 11 is 1.39. The fraction of sp³-hybridized carbons (Fsp3) is 0.304. The quantitative estimate of drug-likeness (QED) is 0.380. The van der Waals surface area contributed by atoms with Crippen LogP contribution in [0.5, 0.6) is 5.75 Å². The minimum Gasteiger partial charge on any atom is -0.494 e. The van der Waals surface area contributed by atoms with E-state index in [1.807, 2.05) is 0 Å². The van der Waals surface area contributed by atoms with Gasteiger partial charge in [-0.1, -0.05) is 19.3 Å². The molecule has 0 radical (unpaired) electrons. The number of nitro benzene ring substituents is 1. The van der Waals surface area contributed by atoms with Crippen molar-refractivity contribution >= 4 is 45.5 Å². The predicted octanol–water partition coefficient (Wildman–Crippen LogP) is 4.59. The van der Waals surface area contributed by atoms with Crippen molar-refractivity contribution in [2.75, 3.05) is 7.11 Å². The normalized spacial score (nSPS) is 19.8. The maximum Gasteiger partial charge on any atom is 0.283 e. The molecule has 0 atom stereocenters. The predicted molar refractivity (Wildman–Crippen MR) is 131 cm³/mol. The van der Waals surface area contributed by atoms with E-state index >= 15 is 0 Å². The summed E-state index contributed by atoms with van der Waals surface area (Å²) in [6, 6.07) is 7.88. The van der Waals surface area contributed by atoms with Crippen molar-refractivity contribution < 1.29 is 14.5 Å². The van der Waals surface area contributed by atoms with E-state index in [1.54, 1.807) is 35.0 Å². The minimum absolute atomic E-state index is 0.0169. The van der Waals surface area contributed by atoms with Crippen LogP contribution < -0.4 is 4.74 Å². The third kappa shape index (κ3) is 3.92. The van der Waals surface area contributed by atoms with Crippen molar-refractivity contribution in [2.45, 2.75) is 32.1 Å². The van der Waals surface area contributed by atoms with Crippen molar-refractivity contribution in [1.82, 2.24) is 9.58 Å². The number of nitrogens with zero attached hydrogens (tertiary/aromatic N) is 5. The van der Waals surface area contributed by atoms with Gasteiger partial charge in [-0.3, -0.25) is 20.3 Å². The number of hydrogen-bond donors (Lipinski definition) is 1. The zero-order chi connectivity index (χ0) is 23.8. The Labute approximate surface area is 199 Å². The summed E-state index contributed by atoms with van der Waals surface area (Å²) in [6.07, 6.45) is 9.06. The Hall–Kier alpha value is -3.73. The van der Waals surface area contributed by atoms with Crippen LogP contribution in [0.3, 0.4) is 0 Å². The molecule has 3 heterocycles. The van der Waals surface area contributed by atoms with E-state index in [0.717, 1.165) is 17.9 Å². The minimum atomic E-state index is -0.493. The number of ether oxygens (including phenoxy) is 1. The number of rotatable bonds is 5. The molecular weight excluding hydrogens is 456 g/mol. The number of non-ortho nitro benzene ring substituents is 1. The summed E-state index contributed by atoms with van der Waals surface area (Å²) < 4.78 is 7.11. The molecule has 10 nitrogen and oxygen atoms in total. The molecule has 2 aliphatic heterocycles. The van der Waals surface area contributed by atoms with Gasteiger partial charge >= 0.3 is 0 Å². The second-order valence-electron chi connectivity index (χ2n) is 8.21. The van der Waals surface area contributed by atoms with Crippen LogP contribution in [0.25, 0.3) is 11.8 Å². The van der Waals surface area contributed by atoms with E-state index in [1.165, 1.54) is 55.3 Å². The number of fused-ring (bicyclic) bond motifs is 1. The Morgan fingerprint density at radius 2 is 2.06 bits per heavy atom. The van der Waals surface area contributed by atoms with Crippen LogP contribution >= 0.6 is 11.8 Å². The molecule has 5 rings (SSSR count). The first-order chi connectivity index (χ1) is 16.5. The van der Waals surface area contributed by atoms with Crippen molar-refractivity contribution in [3.8, 4) is 11.4 Å². The molecule has 0 saturated heterocycles. The summed E-state index contributed by atoms with van der Waals surface area (Å²) in [5.41, 5.74) is 1.20. The molecule has 1 aromatic carbocycles. The average molecular weight is 479 g/mol. The lowest BCUT2D eigenvalue weighted by Gasteiger charge is -2.20. The van der Waals surface area contributed by atoms with Gasteiger partial charge in [-0.15, -0.1) is 0 Å². The monoisotopic (exact) mass is 478 g/mol. The van der Waals surface area contributed by atoms with Gasteiger partial charge in [-0.05, 0) is 48.9 Å². The topological polar surface area (TPSA) is 126 Å². The van der Waals surface area contributed by atoms with Gasteiger partial charge in [0.2, 0.25) is 5.17 Å². The molecule has 174 valence electrons. The van der Waals surface area contributed by atoms with E-state index in [9.17, 15) is 14.9 Å². The average Bonchev–Trinajstić information content (AvgIpc) is 3.49. The van der Waals surface area contributed by atoms with Crippen LogP contribution in [0.1, 0.15) is 37.8 Å². The molecule has 0 bridgehead atoms. The molecule has 1 saturated carbocycles. The molecule has 1 N–H and O–H groups in total. The van der Waals surface area contributed by atoms with Crippen LogP contribution in [0.15, 0.2) is 52.2 Å². The third-order valence-corrected chi connectivity index (χ3v) is 7.20. The number of amides is 1. The molecule has 2 aromatic rings. The number of carbonyl (C=O) groups excluding carboxylic acids is 1. The molecule has 0 unspecified atom stereocenters. The highest BCUT2D eigenvalue weighted by Crippen LogP contribution is 2.36. The molecular formula is C23H22N6O4S. The van der Waals surface area contributed by atoms with Gasteiger partial charge in [0.1, 0.15) is 10.8 Å².